The zero-order valence-electron chi connectivity index (χ0n) is 13.9. The molecule has 2 aliphatic rings. The van der Waals surface area contributed by atoms with Crippen molar-refractivity contribution in [3.8, 4) is 0 Å². The largest absolute Gasteiger partial charge is 0.334 e. The van der Waals surface area contributed by atoms with E-state index in [1.54, 1.807) is 6.20 Å². The van der Waals surface area contributed by atoms with Gasteiger partial charge < -0.3 is 9.80 Å². The number of carbonyl (C=O) groups excluding carboxylic acids is 1. The van der Waals surface area contributed by atoms with Gasteiger partial charge in [0.1, 0.15) is 0 Å². The van der Waals surface area contributed by atoms with Crippen LogP contribution in [0.15, 0.2) is 18.3 Å². The van der Waals surface area contributed by atoms with E-state index in [0.717, 1.165) is 48.0 Å². The van der Waals surface area contributed by atoms with Crippen molar-refractivity contribution in [2.75, 3.05) is 20.1 Å². The molecule has 3 heterocycles. The van der Waals surface area contributed by atoms with Crippen molar-refractivity contribution in [2.45, 2.75) is 44.7 Å². The lowest BCUT2D eigenvalue weighted by Gasteiger charge is -2.33. The summed E-state index contributed by atoms with van der Waals surface area (Å²) in [6.07, 6.45) is 6.48. The molecule has 0 spiro atoms. The third kappa shape index (κ3) is 2.43. The van der Waals surface area contributed by atoms with Crippen molar-refractivity contribution in [2.24, 2.45) is 0 Å². The van der Waals surface area contributed by atoms with Crippen molar-refractivity contribution in [3.05, 3.63) is 29.5 Å². The molecule has 2 aromatic rings. The molecular weight excluding hydrogens is 288 g/mol. The summed E-state index contributed by atoms with van der Waals surface area (Å²) in [6.45, 7) is 4.06. The molecule has 1 aromatic heterocycles. The van der Waals surface area contributed by atoms with Gasteiger partial charge in [0.05, 0.1) is 17.3 Å². The minimum Gasteiger partial charge on any atom is -0.334 e. The molecule has 2 atom stereocenters. The number of carbonyl (C=O) groups is 1. The van der Waals surface area contributed by atoms with E-state index in [-0.39, 0.29) is 5.91 Å². The fourth-order valence-corrected chi connectivity index (χ4v) is 4.40. The maximum Gasteiger partial charge on any atom is 0.256 e. The Bertz CT molecular complexity index is 738. The zero-order chi connectivity index (χ0) is 16.0. The standard InChI is InChI=1S/C18H24N4O/c1-12-9-13-11-19-20-17(13)14(10-12)18(23)22-8-4-6-16(22)15-5-3-7-21(15)2/h9-11,15-16H,3-8H2,1-2H3,(H,19,20)/t15-,16-/m1/s1. The number of rotatable bonds is 2. The smallest absolute Gasteiger partial charge is 0.256 e. The first-order valence-corrected chi connectivity index (χ1v) is 8.60. The fraction of sp³-hybridized carbons (Fsp3) is 0.556. The van der Waals surface area contributed by atoms with Crippen molar-refractivity contribution in [3.63, 3.8) is 0 Å². The molecule has 0 aliphatic carbocycles. The molecule has 2 saturated heterocycles. The first-order chi connectivity index (χ1) is 11.1. The van der Waals surface area contributed by atoms with Crippen LogP contribution in [0, 0.1) is 6.92 Å². The van der Waals surface area contributed by atoms with Crippen molar-refractivity contribution >= 4 is 16.8 Å². The summed E-state index contributed by atoms with van der Waals surface area (Å²) in [4.78, 5) is 17.8. The Morgan fingerprint density at radius 3 is 2.78 bits per heavy atom. The lowest BCUT2D eigenvalue weighted by Crippen LogP contribution is -2.47. The Morgan fingerprint density at radius 2 is 2.00 bits per heavy atom. The van der Waals surface area contributed by atoms with Gasteiger partial charge in [0, 0.05) is 24.0 Å². The van der Waals surface area contributed by atoms with Crippen molar-refractivity contribution < 1.29 is 4.79 Å². The number of amides is 1. The molecule has 122 valence electrons. The Kier molecular flexibility index (Phi) is 3.60. The summed E-state index contributed by atoms with van der Waals surface area (Å²) >= 11 is 0. The van der Waals surface area contributed by atoms with Crippen LogP contribution in [-0.4, -0.2) is 58.1 Å². The zero-order valence-corrected chi connectivity index (χ0v) is 13.9. The highest BCUT2D eigenvalue weighted by atomic mass is 16.2. The maximum atomic E-state index is 13.2. The minimum atomic E-state index is 0.158. The van der Waals surface area contributed by atoms with Crippen molar-refractivity contribution in [1.82, 2.24) is 20.0 Å². The van der Waals surface area contributed by atoms with Crippen LogP contribution >= 0.6 is 0 Å². The normalized spacial score (nSPS) is 25.6. The van der Waals surface area contributed by atoms with Gasteiger partial charge in [0.15, 0.2) is 0 Å². The summed E-state index contributed by atoms with van der Waals surface area (Å²) in [5, 5.41) is 8.14. The van der Waals surface area contributed by atoms with Crippen LogP contribution < -0.4 is 0 Å². The number of H-pyrrole nitrogens is 1. The highest BCUT2D eigenvalue weighted by Gasteiger charge is 2.39. The first-order valence-electron chi connectivity index (χ1n) is 8.60. The van der Waals surface area contributed by atoms with Crippen LogP contribution in [0.25, 0.3) is 10.9 Å². The molecule has 5 heteroatoms. The Hall–Kier alpha value is -1.88. The van der Waals surface area contributed by atoms with Gasteiger partial charge in [-0.3, -0.25) is 9.89 Å². The van der Waals surface area contributed by atoms with Gasteiger partial charge in [-0.05, 0) is 63.9 Å². The number of aryl methyl sites for hydroxylation is 1. The molecule has 0 radical (unpaired) electrons. The number of aromatic nitrogens is 2. The number of benzene rings is 1. The second-order valence-corrected chi connectivity index (χ2v) is 7.05. The van der Waals surface area contributed by atoms with Gasteiger partial charge in [-0.2, -0.15) is 5.10 Å². The van der Waals surface area contributed by atoms with Gasteiger partial charge >= 0.3 is 0 Å². The molecule has 2 aliphatic heterocycles. The Balaban J connectivity index is 1.68. The Labute approximate surface area is 136 Å². The quantitative estimate of drug-likeness (QED) is 0.927. The molecule has 1 amide bonds. The van der Waals surface area contributed by atoms with E-state index in [4.69, 9.17) is 0 Å². The number of hydrogen-bond acceptors (Lipinski definition) is 3. The second-order valence-electron chi connectivity index (χ2n) is 7.05. The van der Waals surface area contributed by atoms with Gasteiger partial charge in [-0.25, -0.2) is 0 Å². The highest BCUT2D eigenvalue weighted by molar-refractivity contribution is 6.06. The maximum absolute atomic E-state index is 13.2. The van der Waals surface area contributed by atoms with Crippen LogP contribution in [0.3, 0.4) is 0 Å². The van der Waals surface area contributed by atoms with Crippen LogP contribution in [0.2, 0.25) is 0 Å². The van der Waals surface area contributed by atoms with E-state index in [2.05, 4.69) is 33.1 Å². The number of fused-ring (bicyclic) bond motifs is 1. The number of nitrogens with one attached hydrogen (secondary N) is 1. The SMILES string of the molecule is Cc1cc(C(=O)N2CCC[C@@H]2[C@H]2CCCN2C)c2[nH]ncc2c1. The van der Waals surface area contributed by atoms with Crippen LogP contribution in [0.1, 0.15) is 41.6 Å². The third-order valence-electron chi connectivity index (χ3n) is 5.50. The summed E-state index contributed by atoms with van der Waals surface area (Å²) in [5.74, 6) is 0.158. The molecule has 2 fully saturated rings. The minimum absolute atomic E-state index is 0.158. The summed E-state index contributed by atoms with van der Waals surface area (Å²) in [6, 6.07) is 4.94. The molecular formula is C18H24N4O. The van der Waals surface area contributed by atoms with Gasteiger partial charge in [0.25, 0.3) is 5.91 Å². The molecule has 5 nitrogen and oxygen atoms in total. The van der Waals surface area contributed by atoms with E-state index in [1.807, 2.05) is 13.0 Å². The average molecular weight is 312 g/mol. The van der Waals surface area contributed by atoms with E-state index < -0.39 is 0 Å². The van der Waals surface area contributed by atoms with E-state index in [0.29, 0.717) is 12.1 Å². The summed E-state index contributed by atoms with van der Waals surface area (Å²) in [5.41, 5.74) is 2.74. The van der Waals surface area contributed by atoms with Crippen molar-refractivity contribution in [1.29, 1.82) is 0 Å². The number of likely N-dealkylation sites (tertiary alicyclic amines) is 2. The first kappa shape index (κ1) is 14.7. The van der Waals surface area contributed by atoms with Crippen LogP contribution in [-0.2, 0) is 0 Å². The molecule has 1 N–H and O–H groups in total. The molecule has 0 saturated carbocycles. The lowest BCUT2D eigenvalue weighted by atomic mass is 10.0. The Morgan fingerprint density at radius 1 is 1.22 bits per heavy atom. The third-order valence-corrected chi connectivity index (χ3v) is 5.50. The number of aromatic amines is 1. The van der Waals surface area contributed by atoms with E-state index in [9.17, 15) is 4.79 Å². The lowest BCUT2D eigenvalue weighted by molar-refractivity contribution is 0.0666. The highest BCUT2D eigenvalue weighted by Crippen LogP contribution is 2.31. The second kappa shape index (κ2) is 5.64. The van der Waals surface area contributed by atoms with Gasteiger partial charge in [-0.1, -0.05) is 0 Å². The van der Waals surface area contributed by atoms with E-state index in [1.165, 1.54) is 12.8 Å². The predicted octanol–water partition coefficient (Wildman–Crippen LogP) is 2.57. The molecule has 4 rings (SSSR count). The molecule has 23 heavy (non-hydrogen) atoms. The molecule has 1 aromatic carbocycles. The number of likely N-dealkylation sites (N-methyl/N-ethyl adjacent to an activating group) is 1. The predicted molar refractivity (Wildman–Crippen MR) is 90.5 cm³/mol. The molecule has 0 bridgehead atoms. The van der Waals surface area contributed by atoms with Gasteiger partial charge in [0.2, 0.25) is 0 Å². The monoisotopic (exact) mass is 312 g/mol. The number of hydrogen-bond donors (Lipinski definition) is 1. The average Bonchev–Trinajstić information content (AvgIpc) is 3.24. The van der Waals surface area contributed by atoms with Crippen LogP contribution in [0.5, 0.6) is 0 Å². The fourth-order valence-electron chi connectivity index (χ4n) is 4.40. The van der Waals surface area contributed by atoms with Gasteiger partial charge in [-0.15, -0.1) is 0 Å². The summed E-state index contributed by atoms with van der Waals surface area (Å²) < 4.78 is 0. The number of nitrogens with zero attached hydrogens (tertiary/aromatic N) is 3. The van der Waals surface area contributed by atoms with E-state index >= 15 is 0 Å². The van der Waals surface area contributed by atoms with Crippen LogP contribution in [0.4, 0.5) is 0 Å². The summed E-state index contributed by atoms with van der Waals surface area (Å²) in [7, 11) is 2.19. The topological polar surface area (TPSA) is 52.2 Å². The molecule has 0 unspecified atom stereocenters.